The first kappa shape index (κ1) is 21.5. The summed E-state index contributed by atoms with van der Waals surface area (Å²) < 4.78 is 7.55. The van der Waals surface area contributed by atoms with Gasteiger partial charge in [-0.2, -0.15) is 0 Å². The molecule has 0 unspecified atom stereocenters. The maximum atomic E-state index is 12.9. The highest BCUT2D eigenvalue weighted by molar-refractivity contribution is 7.99. The summed E-state index contributed by atoms with van der Waals surface area (Å²) >= 11 is 8.94. The van der Waals surface area contributed by atoms with Crippen LogP contribution in [0.2, 0.25) is 5.02 Å². The maximum absolute atomic E-state index is 12.9. The number of carbonyl (C=O) groups excluding carboxylic acids is 1. The summed E-state index contributed by atoms with van der Waals surface area (Å²) in [5.74, 6) is 1.06. The maximum Gasteiger partial charge on any atom is 0.257 e. The minimum atomic E-state index is -0.0385. The summed E-state index contributed by atoms with van der Waals surface area (Å²) in [7, 11) is 0. The van der Waals surface area contributed by atoms with E-state index >= 15 is 0 Å². The molecule has 0 aliphatic heterocycles. The molecule has 0 spiro atoms. The number of halogens is 1. The van der Waals surface area contributed by atoms with Crippen LogP contribution in [0.15, 0.2) is 57.7 Å². The molecule has 4 aromatic rings. The molecule has 4 rings (SSSR count). The smallest absolute Gasteiger partial charge is 0.257 e. The van der Waals surface area contributed by atoms with Crippen molar-refractivity contribution in [2.24, 2.45) is 0 Å². The summed E-state index contributed by atoms with van der Waals surface area (Å²) in [6.45, 7) is 2.89. The number of rotatable bonds is 9. The quantitative estimate of drug-likeness (QED) is 0.328. The monoisotopic (exact) mass is 474 g/mol. The third kappa shape index (κ3) is 5.33. The molecule has 0 saturated carbocycles. The number of amides is 1. The lowest BCUT2D eigenvalue weighted by Crippen LogP contribution is -2.32. The van der Waals surface area contributed by atoms with Gasteiger partial charge < -0.3 is 9.32 Å². The summed E-state index contributed by atoms with van der Waals surface area (Å²) in [6.07, 6.45) is 2.42. The van der Waals surface area contributed by atoms with Gasteiger partial charge in [0.15, 0.2) is 5.16 Å². The molecular weight excluding hydrogens is 456 g/mol. The van der Waals surface area contributed by atoms with E-state index in [2.05, 4.69) is 20.4 Å². The number of aromatic nitrogens is 5. The van der Waals surface area contributed by atoms with E-state index in [-0.39, 0.29) is 18.2 Å². The van der Waals surface area contributed by atoms with Crippen molar-refractivity contribution in [2.45, 2.75) is 25.0 Å². The number of thiophene rings is 1. The third-order valence-electron chi connectivity index (χ3n) is 4.30. The van der Waals surface area contributed by atoms with Crippen molar-refractivity contribution in [2.75, 3.05) is 12.3 Å². The molecule has 3 aromatic heterocycles. The molecule has 0 atom stereocenters. The van der Waals surface area contributed by atoms with Gasteiger partial charge in [0, 0.05) is 11.6 Å². The molecule has 0 saturated heterocycles. The number of nitrogens with zero attached hydrogens (tertiary/aromatic N) is 6. The van der Waals surface area contributed by atoms with Gasteiger partial charge in [0.2, 0.25) is 11.8 Å². The van der Waals surface area contributed by atoms with Gasteiger partial charge in [-0.25, -0.2) is 0 Å². The van der Waals surface area contributed by atoms with E-state index in [1.54, 1.807) is 21.9 Å². The van der Waals surface area contributed by atoms with Crippen LogP contribution >= 0.6 is 34.7 Å². The highest BCUT2D eigenvalue weighted by Gasteiger charge is 2.19. The van der Waals surface area contributed by atoms with Crippen molar-refractivity contribution in [3.05, 3.63) is 59.0 Å². The first-order valence-electron chi connectivity index (χ1n) is 9.57. The molecule has 0 fully saturated rings. The molecular formula is C20H19ClN6O2S2. The van der Waals surface area contributed by atoms with Gasteiger partial charge in [0.25, 0.3) is 5.89 Å². The molecule has 0 radical (unpaired) electrons. The van der Waals surface area contributed by atoms with Gasteiger partial charge in [-0.3, -0.25) is 9.36 Å². The standard InChI is InChI=1S/C20H19ClN6O2S2/c1-2-8-26(11-17-23-24-19(29-17)16-7-4-9-30-16)18(28)12-31-20-25-22-13-27(20)15-6-3-5-14(21)10-15/h3-7,9-10,13H,2,8,11-12H2,1H3. The Morgan fingerprint density at radius 2 is 2.16 bits per heavy atom. The Morgan fingerprint density at radius 1 is 1.26 bits per heavy atom. The van der Waals surface area contributed by atoms with E-state index in [4.69, 9.17) is 16.0 Å². The van der Waals surface area contributed by atoms with Crippen LogP contribution in [0.4, 0.5) is 0 Å². The molecule has 0 aliphatic rings. The van der Waals surface area contributed by atoms with E-state index in [0.717, 1.165) is 17.0 Å². The Balaban J connectivity index is 1.41. The van der Waals surface area contributed by atoms with Crippen molar-refractivity contribution in [3.63, 3.8) is 0 Å². The van der Waals surface area contributed by atoms with Crippen LogP contribution in [0.1, 0.15) is 19.2 Å². The second-order valence-electron chi connectivity index (χ2n) is 6.55. The van der Waals surface area contributed by atoms with Crippen molar-refractivity contribution in [3.8, 4) is 16.5 Å². The van der Waals surface area contributed by atoms with Crippen molar-refractivity contribution < 1.29 is 9.21 Å². The number of hydrogen-bond donors (Lipinski definition) is 0. The fraction of sp³-hybridized carbons (Fsp3) is 0.250. The predicted molar refractivity (Wildman–Crippen MR) is 120 cm³/mol. The minimum Gasteiger partial charge on any atom is -0.418 e. The normalized spacial score (nSPS) is 11.0. The average molecular weight is 475 g/mol. The van der Waals surface area contributed by atoms with E-state index in [0.29, 0.717) is 28.5 Å². The second kappa shape index (κ2) is 10.1. The van der Waals surface area contributed by atoms with Gasteiger partial charge in [0.05, 0.1) is 22.9 Å². The van der Waals surface area contributed by atoms with Gasteiger partial charge in [0.1, 0.15) is 6.33 Å². The van der Waals surface area contributed by atoms with Crippen LogP contribution in [0.5, 0.6) is 0 Å². The van der Waals surface area contributed by atoms with Crippen LogP contribution in [-0.2, 0) is 11.3 Å². The first-order valence-corrected chi connectivity index (χ1v) is 11.8. The lowest BCUT2D eigenvalue weighted by Gasteiger charge is -2.20. The molecule has 3 heterocycles. The molecule has 0 N–H and O–H groups in total. The highest BCUT2D eigenvalue weighted by Crippen LogP contribution is 2.24. The van der Waals surface area contributed by atoms with Crippen LogP contribution in [-0.4, -0.2) is 48.1 Å². The van der Waals surface area contributed by atoms with Gasteiger partial charge in [-0.15, -0.1) is 31.7 Å². The molecule has 1 aromatic carbocycles. The Morgan fingerprint density at radius 3 is 2.94 bits per heavy atom. The Labute approximate surface area is 192 Å². The molecule has 31 heavy (non-hydrogen) atoms. The Bertz CT molecular complexity index is 1140. The van der Waals surface area contributed by atoms with E-state index in [1.807, 2.05) is 42.6 Å². The number of carbonyl (C=O) groups is 1. The van der Waals surface area contributed by atoms with Crippen molar-refractivity contribution in [1.82, 2.24) is 29.9 Å². The van der Waals surface area contributed by atoms with Crippen LogP contribution < -0.4 is 0 Å². The number of thioether (sulfide) groups is 1. The Kier molecular flexibility index (Phi) is 7.00. The third-order valence-corrected chi connectivity index (χ3v) is 6.32. The topological polar surface area (TPSA) is 89.9 Å². The summed E-state index contributed by atoms with van der Waals surface area (Å²) in [5, 5.41) is 19.5. The van der Waals surface area contributed by atoms with Crippen LogP contribution in [0, 0.1) is 0 Å². The zero-order chi connectivity index (χ0) is 21.6. The average Bonchev–Trinajstić information content (AvgIpc) is 3.53. The fourth-order valence-corrected chi connectivity index (χ4v) is 4.55. The SMILES string of the molecule is CCCN(Cc1nnc(-c2cccs2)o1)C(=O)CSc1nncn1-c1cccc(Cl)c1. The predicted octanol–water partition coefficient (Wildman–Crippen LogP) is 4.56. The van der Waals surface area contributed by atoms with Crippen molar-refractivity contribution in [1.29, 1.82) is 0 Å². The molecule has 160 valence electrons. The zero-order valence-electron chi connectivity index (χ0n) is 16.6. The largest absolute Gasteiger partial charge is 0.418 e. The molecule has 0 bridgehead atoms. The second-order valence-corrected chi connectivity index (χ2v) is 8.87. The Hall–Kier alpha value is -2.69. The lowest BCUT2D eigenvalue weighted by molar-refractivity contribution is -0.129. The molecule has 1 amide bonds. The summed E-state index contributed by atoms with van der Waals surface area (Å²) in [4.78, 5) is 15.5. The summed E-state index contributed by atoms with van der Waals surface area (Å²) in [6, 6.07) is 11.2. The van der Waals surface area contributed by atoms with E-state index in [1.165, 1.54) is 23.1 Å². The summed E-state index contributed by atoms with van der Waals surface area (Å²) in [5.41, 5.74) is 0.838. The zero-order valence-corrected chi connectivity index (χ0v) is 19.0. The number of hydrogen-bond acceptors (Lipinski definition) is 8. The van der Waals surface area contributed by atoms with Gasteiger partial charge in [-0.05, 0) is 36.1 Å². The van der Waals surface area contributed by atoms with Crippen molar-refractivity contribution >= 4 is 40.6 Å². The fourth-order valence-electron chi connectivity index (χ4n) is 2.89. The van der Waals surface area contributed by atoms with E-state index < -0.39 is 0 Å². The minimum absolute atomic E-state index is 0.0385. The molecule has 0 aliphatic carbocycles. The van der Waals surface area contributed by atoms with Crippen LogP contribution in [0.25, 0.3) is 16.5 Å². The van der Waals surface area contributed by atoms with E-state index in [9.17, 15) is 4.79 Å². The lowest BCUT2D eigenvalue weighted by atomic mass is 10.3. The van der Waals surface area contributed by atoms with Gasteiger partial charge >= 0.3 is 0 Å². The first-order chi connectivity index (χ1) is 15.1. The molecule has 11 heteroatoms. The highest BCUT2D eigenvalue weighted by atomic mass is 35.5. The molecule has 8 nitrogen and oxygen atoms in total. The van der Waals surface area contributed by atoms with Crippen LogP contribution in [0.3, 0.4) is 0 Å². The number of benzene rings is 1. The van der Waals surface area contributed by atoms with Gasteiger partial charge in [-0.1, -0.05) is 42.4 Å².